The van der Waals surface area contributed by atoms with Crippen LogP contribution in [0, 0.1) is 0 Å². The zero-order valence-corrected chi connectivity index (χ0v) is 18.9. The Morgan fingerprint density at radius 3 is 1.56 bits per heavy atom. The van der Waals surface area contributed by atoms with E-state index in [0.717, 1.165) is 16.7 Å². The van der Waals surface area contributed by atoms with Gasteiger partial charge < -0.3 is 28.8 Å². The quantitative estimate of drug-likeness (QED) is 0.273. The average Bonchev–Trinajstić information content (AvgIpc) is 2.83. The van der Waals surface area contributed by atoms with Gasteiger partial charge in [-0.15, -0.1) is 0 Å². The number of hydrogen-bond donors (Lipinski definition) is 1. The molecule has 3 aromatic rings. The Morgan fingerprint density at radius 2 is 1.12 bits per heavy atom. The largest absolute Gasteiger partial charge is 0.497 e. The third kappa shape index (κ3) is 5.29. The topological polar surface area (TPSA) is 66.4 Å². The summed E-state index contributed by atoms with van der Waals surface area (Å²) in [5, 5.41) is 11.1. The van der Waals surface area contributed by atoms with E-state index in [9.17, 15) is 5.11 Å². The lowest BCUT2D eigenvalue weighted by molar-refractivity contribution is -0.376. The summed E-state index contributed by atoms with van der Waals surface area (Å²) in [5.74, 6) is -0.476. The van der Waals surface area contributed by atoms with E-state index in [2.05, 4.69) is 0 Å². The first kappa shape index (κ1) is 23.8. The summed E-state index contributed by atoms with van der Waals surface area (Å²) >= 11 is 0. The maximum atomic E-state index is 11.1. The van der Waals surface area contributed by atoms with Crippen LogP contribution in [0.15, 0.2) is 78.9 Å². The second kappa shape index (κ2) is 10.6. The van der Waals surface area contributed by atoms with E-state index in [4.69, 9.17) is 23.7 Å². The lowest BCUT2D eigenvalue weighted by Crippen LogP contribution is -2.45. The van der Waals surface area contributed by atoms with E-state index in [1.807, 2.05) is 78.9 Å². The molecule has 1 atom stereocenters. The molecule has 32 heavy (non-hydrogen) atoms. The Kier molecular flexibility index (Phi) is 7.88. The molecule has 0 aliphatic carbocycles. The molecule has 0 fully saturated rings. The highest BCUT2D eigenvalue weighted by atomic mass is 16.8. The highest BCUT2D eigenvalue weighted by Crippen LogP contribution is 2.44. The Labute approximate surface area is 189 Å². The molecule has 3 rings (SSSR count). The molecule has 0 aromatic heterocycles. The Hall–Kier alpha value is -2.90. The number of methoxy groups -OCH3 is 3. The van der Waals surface area contributed by atoms with Crippen molar-refractivity contribution in [3.8, 4) is 11.5 Å². The molecular weight excluding hydrogens is 408 g/mol. The van der Waals surface area contributed by atoms with Crippen LogP contribution in [-0.4, -0.2) is 45.6 Å². The van der Waals surface area contributed by atoms with Crippen molar-refractivity contribution in [2.45, 2.75) is 18.5 Å². The summed E-state index contributed by atoms with van der Waals surface area (Å²) in [6, 6.07) is 24.8. The molecule has 0 aliphatic rings. The van der Waals surface area contributed by atoms with Gasteiger partial charge in [-0.25, -0.2) is 0 Å². The Balaban J connectivity index is 2.21. The number of benzene rings is 3. The normalized spacial score (nSPS) is 13.4. The lowest BCUT2D eigenvalue weighted by Gasteiger charge is -2.41. The molecule has 6 heteroatoms. The van der Waals surface area contributed by atoms with Gasteiger partial charge in [0.25, 0.3) is 5.97 Å². The van der Waals surface area contributed by atoms with E-state index in [0.29, 0.717) is 18.1 Å². The van der Waals surface area contributed by atoms with Crippen molar-refractivity contribution in [3.05, 3.63) is 95.6 Å². The van der Waals surface area contributed by atoms with Crippen molar-refractivity contribution in [2.24, 2.45) is 0 Å². The van der Waals surface area contributed by atoms with Gasteiger partial charge in [0, 0.05) is 14.0 Å². The zero-order valence-electron chi connectivity index (χ0n) is 18.9. The van der Waals surface area contributed by atoms with Crippen molar-refractivity contribution < 1.29 is 28.8 Å². The highest BCUT2D eigenvalue weighted by Gasteiger charge is 2.44. The highest BCUT2D eigenvalue weighted by molar-refractivity contribution is 5.49. The van der Waals surface area contributed by atoms with E-state index in [-0.39, 0.29) is 6.61 Å². The van der Waals surface area contributed by atoms with Crippen molar-refractivity contribution in [1.29, 1.82) is 0 Å². The maximum Gasteiger partial charge on any atom is 0.278 e. The first-order valence-electron chi connectivity index (χ1n) is 10.3. The SMILES string of the molecule is COCCOC(C)(O)OC(c1ccccc1)(c1ccc(OC)cc1)c1ccc(OC)cc1. The second-order valence-corrected chi connectivity index (χ2v) is 7.35. The lowest BCUT2D eigenvalue weighted by atomic mass is 9.80. The smallest absolute Gasteiger partial charge is 0.278 e. The Bertz CT molecular complexity index is 904. The first-order valence-corrected chi connectivity index (χ1v) is 10.3. The van der Waals surface area contributed by atoms with Crippen LogP contribution in [0.25, 0.3) is 0 Å². The summed E-state index contributed by atoms with van der Waals surface area (Å²) in [7, 11) is 4.81. The third-order valence-electron chi connectivity index (χ3n) is 5.17. The fraction of sp³-hybridized carbons (Fsp3) is 0.308. The monoisotopic (exact) mass is 438 g/mol. The second-order valence-electron chi connectivity index (χ2n) is 7.35. The summed E-state index contributed by atoms with van der Waals surface area (Å²) in [4.78, 5) is 0. The van der Waals surface area contributed by atoms with Crippen LogP contribution in [0.1, 0.15) is 23.6 Å². The van der Waals surface area contributed by atoms with Crippen LogP contribution in [0.4, 0.5) is 0 Å². The van der Waals surface area contributed by atoms with Crippen LogP contribution in [-0.2, 0) is 19.8 Å². The van der Waals surface area contributed by atoms with Crippen molar-refractivity contribution in [3.63, 3.8) is 0 Å². The van der Waals surface area contributed by atoms with Gasteiger partial charge in [-0.1, -0.05) is 54.6 Å². The molecule has 1 N–H and O–H groups in total. The maximum absolute atomic E-state index is 11.1. The molecule has 6 nitrogen and oxygen atoms in total. The van der Waals surface area contributed by atoms with E-state index >= 15 is 0 Å². The molecule has 0 amide bonds. The Morgan fingerprint density at radius 1 is 0.656 bits per heavy atom. The molecule has 0 aliphatic heterocycles. The van der Waals surface area contributed by atoms with Crippen LogP contribution in [0.2, 0.25) is 0 Å². The van der Waals surface area contributed by atoms with Crippen LogP contribution >= 0.6 is 0 Å². The van der Waals surface area contributed by atoms with Crippen molar-refractivity contribution in [1.82, 2.24) is 0 Å². The standard InChI is InChI=1S/C26H30O6/c1-25(27,31-19-18-28-2)32-26(20-8-6-5-7-9-20,21-10-14-23(29-3)15-11-21)22-12-16-24(30-4)17-13-22/h5-17,27H,18-19H2,1-4H3. The molecule has 0 spiro atoms. The third-order valence-corrected chi connectivity index (χ3v) is 5.17. The molecule has 0 saturated heterocycles. The fourth-order valence-electron chi connectivity index (χ4n) is 3.63. The van der Waals surface area contributed by atoms with E-state index in [1.54, 1.807) is 21.3 Å². The predicted octanol–water partition coefficient (Wildman–Crippen LogP) is 4.34. The first-order chi connectivity index (χ1) is 15.4. The molecule has 0 bridgehead atoms. The minimum atomic E-state index is -1.91. The number of hydrogen-bond acceptors (Lipinski definition) is 6. The average molecular weight is 439 g/mol. The minimum absolute atomic E-state index is 0.166. The molecule has 1 unspecified atom stereocenters. The van der Waals surface area contributed by atoms with Gasteiger partial charge in [0.05, 0.1) is 27.4 Å². The van der Waals surface area contributed by atoms with Gasteiger partial charge in [0.2, 0.25) is 0 Å². The summed E-state index contributed by atoms with van der Waals surface area (Å²) < 4.78 is 27.9. The van der Waals surface area contributed by atoms with Gasteiger partial charge in [-0.05, 0) is 41.0 Å². The minimum Gasteiger partial charge on any atom is -0.497 e. The molecule has 0 heterocycles. The summed E-state index contributed by atoms with van der Waals surface area (Å²) in [6.45, 7) is 1.97. The zero-order chi connectivity index (χ0) is 23.0. The van der Waals surface area contributed by atoms with Gasteiger partial charge in [-0.3, -0.25) is 0 Å². The molecule has 3 aromatic carbocycles. The van der Waals surface area contributed by atoms with Gasteiger partial charge >= 0.3 is 0 Å². The molecule has 170 valence electrons. The summed E-state index contributed by atoms with van der Waals surface area (Å²) in [6.07, 6.45) is 0. The van der Waals surface area contributed by atoms with Crippen molar-refractivity contribution in [2.75, 3.05) is 34.5 Å². The van der Waals surface area contributed by atoms with Gasteiger partial charge in [0.15, 0.2) is 0 Å². The number of ether oxygens (including phenoxy) is 5. The number of aliphatic hydroxyl groups is 1. The number of rotatable bonds is 11. The molecule has 0 radical (unpaired) electrons. The predicted molar refractivity (Wildman–Crippen MR) is 122 cm³/mol. The molecule has 0 saturated carbocycles. The van der Waals surface area contributed by atoms with Crippen LogP contribution in [0.3, 0.4) is 0 Å². The van der Waals surface area contributed by atoms with Crippen molar-refractivity contribution >= 4 is 0 Å². The van der Waals surface area contributed by atoms with E-state index in [1.165, 1.54) is 6.92 Å². The van der Waals surface area contributed by atoms with Crippen LogP contribution < -0.4 is 9.47 Å². The fourth-order valence-corrected chi connectivity index (χ4v) is 3.63. The molecular formula is C26H30O6. The van der Waals surface area contributed by atoms with E-state index < -0.39 is 11.6 Å². The van der Waals surface area contributed by atoms with Crippen LogP contribution in [0.5, 0.6) is 11.5 Å². The summed E-state index contributed by atoms with van der Waals surface area (Å²) in [5.41, 5.74) is 1.23. The van der Waals surface area contributed by atoms with Gasteiger partial charge in [-0.2, -0.15) is 0 Å². The van der Waals surface area contributed by atoms with Gasteiger partial charge in [0.1, 0.15) is 17.1 Å².